The van der Waals surface area contributed by atoms with Crippen LogP contribution < -0.4 is 5.32 Å². The van der Waals surface area contributed by atoms with Crippen LogP contribution in [0.2, 0.25) is 0 Å². The van der Waals surface area contributed by atoms with Gasteiger partial charge in [-0.15, -0.1) is 0 Å². The van der Waals surface area contributed by atoms with Crippen molar-refractivity contribution in [1.29, 1.82) is 0 Å². The average Bonchev–Trinajstić information content (AvgIpc) is 2.90. The molecule has 108 valence electrons. The number of likely N-dealkylation sites (N-methyl/N-ethyl adjacent to an activating group) is 1. The summed E-state index contributed by atoms with van der Waals surface area (Å²) >= 11 is 0. The quantitative estimate of drug-likeness (QED) is 0.750. The third-order valence-corrected chi connectivity index (χ3v) is 4.07. The van der Waals surface area contributed by atoms with Gasteiger partial charge in [0, 0.05) is 24.3 Å². The number of rotatable bonds is 5. The smallest absolute Gasteiger partial charge is 0.0483 e. The molecule has 2 nitrogen and oxygen atoms in total. The van der Waals surface area contributed by atoms with Gasteiger partial charge in [0.25, 0.3) is 0 Å². The van der Waals surface area contributed by atoms with E-state index in [1.54, 1.807) is 0 Å². The predicted molar refractivity (Wildman–Crippen MR) is 89.7 cm³/mol. The monoisotopic (exact) mass is 278 g/mol. The Morgan fingerprint density at radius 1 is 1.00 bits per heavy atom. The maximum Gasteiger partial charge on any atom is 0.0483 e. The molecule has 0 aliphatic rings. The topological polar surface area (TPSA) is 17.0 Å². The average molecular weight is 278 g/mol. The fraction of sp³-hybridized carbons (Fsp3) is 0.263. The van der Waals surface area contributed by atoms with Crippen LogP contribution in [0.4, 0.5) is 0 Å². The van der Waals surface area contributed by atoms with Gasteiger partial charge in [0.15, 0.2) is 0 Å². The van der Waals surface area contributed by atoms with Crippen molar-refractivity contribution in [2.45, 2.75) is 25.9 Å². The Labute approximate surface area is 126 Å². The van der Waals surface area contributed by atoms with Gasteiger partial charge in [0.1, 0.15) is 0 Å². The summed E-state index contributed by atoms with van der Waals surface area (Å²) in [6, 6.07) is 20.1. The highest BCUT2D eigenvalue weighted by Gasteiger charge is 2.05. The first-order valence-corrected chi connectivity index (χ1v) is 7.55. The van der Waals surface area contributed by atoms with Crippen LogP contribution >= 0.6 is 0 Å². The first kappa shape index (κ1) is 13.9. The summed E-state index contributed by atoms with van der Waals surface area (Å²) < 4.78 is 2.32. The Kier molecular flexibility index (Phi) is 4.07. The molecule has 0 aliphatic carbocycles. The van der Waals surface area contributed by atoms with Gasteiger partial charge in [-0.05, 0) is 55.1 Å². The number of benzene rings is 2. The molecule has 1 atom stereocenters. The molecule has 1 N–H and O–H groups in total. The summed E-state index contributed by atoms with van der Waals surface area (Å²) in [5.74, 6) is 0. The molecule has 0 radical (unpaired) electrons. The van der Waals surface area contributed by atoms with Gasteiger partial charge in [-0.3, -0.25) is 0 Å². The number of fused-ring (bicyclic) bond motifs is 1. The lowest BCUT2D eigenvalue weighted by molar-refractivity contribution is 0.609. The van der Waals surface area contributed by atoms with Crippen LogP contribution in [0.15, 0.2) is 60.8 Å². The highest BCUT2D eigenvalue weighted by molar-refractivity contribution is 5.81. The van der Waals surface area contributed by atoms with Gasteiger partial charge in [-0.25, -0.2) is 0 Å². The van der Waals surface area contributed by atoms with Gasteiger partial charge < -0.3 is 9.88 Å². The number of nitrogens with zero attached hydrogens (tertiary/aromatic N) is 1. The molecular weight excluding hydrogens is 256 g/mol. The third-order valence-electron chi connectivity index (χ3n) is 4.07. The Balaban J connectivity index is 1.86. The minimum atomic E-state index is 0.508. The standard InChI is InChI=1S/C19H22N2/c1-15(20-2)12-17-8-9-19-18(13-17)10-11-21(19)14-16-6-4-3-5-7-16/h3-11,13,15,20H,12,14H2,1-2H3. The van der Waals surface area contributed by atoms with Crippen LogP contribution in [0.5, 0.6) is 0 Å². The van der Waals surface area contributed by atoms with E-state index in [1.807, 2.05) is 7.05 Å². The molecule has 0 amide bonds. The highest BCUT2D eigenvalue weighted by Crippen LogP contribution is 2.20. The van der Waals surface area contributed by atoms with E-state index in [9.17, 15) is 0 Å². The summed E-state index contributed by atoms with van der Waals surface area (Å²) in [4.78, 5) is 0. The third kappa shape index (κ3) is 3.17. The van der Waals surface area contributed by atoms with E-state index in [2.05, 4.69) is 77.6 Å². The minimum absolute atomic E-state index is 0.508. The zero-order valence-electron chi connectivity index (χ0n) is 12.7. The lowest BCUT2D eigenvalue weighted by Gasteiger charge is -2.10. The number of nitrogens with one attached hydrogen (secondary N) is 1. The van der Waals surface area contributed by atoms with E-state index in [4.69, 9.17) is 0 Å². The molecule has 1 unspecified atom stereocenters. The largest absolute Gasteiger partial charge is 0.343 e. The van der Waals surface area contributed by atoms with Gasteiger partial charge >= 0.3 is 0 Å². The Morgan fingerprint density at radius 2 is 1.81 bits per heavy atom. The number of hydrogen-bond acceptors (Lipinski definition) is 1. The van der Waals surface area contributed by atoms with Gasteiger partial charge in [-0.1, -0.05) is 36.4 Å². The van der Waals surface area contributed by atoms with Crippen molar-refractivity contribution < 1.29 is 0 Å². The molecular formula is C19H22N2. The maximum absolute atomic E-state index is 3.29. The lowest BCUT2D eigenvalue weighted by atomic mass is 10.1. The summed E-state index contributed by atoms with van der Waals surface area (Å²) in [5.41, 5.74) is 4.03. The van der Waals surface area contributed by atoms with Crippen LogP contribution in [0.1, 0.15) is 18.1 Å². The van der Waals surface area contributed by atoms with Crippen molar-refractivity contribution in [3.8, 4) is 0 Å². The second kappa shape index (κ2) is 6.15. The molecule has 0 bridgehead atoms. The Morgan fingerprint density at radius 3 is 2.57 bits per heavy atom. The van der Waals surface area contributed by atoms with Crippen molar-refractivity contribution >= 4 is 10.9 Å². The van der Waals surface area contributed by atoms with Gasteiger partial charge in [0.05, 0.1) is 0 Å². The fourth-order valence-electron chi connectivity index (χ4n) is 2.75. The lowest BCUT2D eigenvalue weighted by Crippen LogP contribution is -2.23. The van der Waals surface area contributed by atoms with E-state index in [-0.39, 0.29) is 0 Å². The second-order valence-electron chi connectivity index (χ2n) is 5.72. The van der Waals surface area contributed by atoms with Crippen molar-refractivity contribution in [1.82, 2.24) is 9.88 Å². The number of hydrogen-bond donors (Lipinski definition) is 1. The van der Waals surface area contributed by atoms with E-state index in [0.29, 0.717) is 6.04 Å². The van der Waals surface area contributed by atoms with E-state index >= 15 is 0 Å². The molecule has 0 saturated carbocycles. The van der Waals surface area contributed by atoms with Gasteiger partial charge in [0.2, 0.25) is 0 Å². The zero-order valence-corrected chi connectivity index (χ0v) is 12.7. The van der Waals surface area contributed by atoms with Crippen LogP contribution in [0.3, 0.4) is 0 Å². The Hall–Kier alpha value is -2.06. The molecule has 3 rings (SSSR count). The van der Waals surface area contributed by atoms with Crippen molar-refractivity contribution in [3.63, 3.8) is 0 Å². The molecule has 3 aromatic rings. The van der Waals surface area contributed by atoms with Crippen molar-refractivity contribution in [2.24, 2.45) is 0 Å². The molecule has 0 aliphatic heterocycles. The van der Waals surface area contributed by atoms with Gasteiger partial charge in [-0.2, -0.15) is 0 Å². The summed E-state index contributed by atoms with van der Waals surface area (Å²) in [5, 5.41) is 4.62. The molecule has 1 aromatic heterocycles. The van der Waals surface area contributed by atoms with Crippen LogP contribution in [0, 0.1) is 0 Å². The van der Waals surface area contributed by atoms with Crippen LogP contribution in [-0.4, -0.2) is 17.7 Å². The molecule has 0 fully saturated rings. The first-order valence-electron chi connectivity index (χ1n) is 7.55. The second-order valence-corrected chi connectivity index (χ2v) is 5.72. The summed E-state index contributed by atoms with van der Waals surface area (Å²) in [7, 11) is 2.01. The van der Waals surface area contributed by atoms with E-state index < -0.39 is 0 Å². The highest BCUT2D eigenvalue weighted by atomic mass is 14.9. The summed E-state index contributed by atoms with van der Waals surface area (Å²) in [6.45, 7) is 3.14. The SMILES string of the molecule is CNC(C)Cc1ccc2c(ccn2Cc2ccccc2)c1. The predicted octanol–water partition coefficient (Wildman–Crippen LogP) is 3.84. The molecule has 21 heavy (non-hydrogen) atoms. The minimum Gasteiger partial charge on any atom is -0.343 e. The molecule has 1 heterocycles. The van der Waals surface area contributed by atoms with Crippen LogP contribution in [0.25, 0.3) is 10.9 Å². The van der Waals surface area contributed by atoms with Crippen LogP contribution in [-0.2, 0) is 13.0 Å². The normalized spacial score (nSPS) is 12.7. The zero-order chi connectivity index (χ0) is 14.7. The number of aromatic nitrogens is 1. The Bertz CT molecular complexity index is 713. The van der Waals surface area contributed by atoms with Crippen molar-refractivity contribution in [3.05, 3.63) is 71.9 Å². The van der Waals surface area contributed by atoms with E-state index in [1.165, 1.54) is 22.0 Å². The molecule has 0 saturated heterocycles. The molecule has 2 heteroatoms. The maximum atomic E-state index is 3.29. The summed E-state index contributed by atoms with van der Waals surface area (Å²) in [6.07, 6.45) is 3.25. The van der Waals surface area contributed by atoms with Crippen molar-refractivity contribution in [2.75, 3.05) is 7.05 Å². The first-order chi connectivity index (χ1) is 10.3. The van der Waals surface area contributed by atoms with E-state index in [0.717, 1.165) is 13.0 Å². The molecule has 0 spiro atoms. The fourth-order valence-corrected chi connectivity index (χ4v) is 2.75. The molecule has 2 aromatic carbocycles.